The van der Waals surface area contributed by atoms with E-state index in [4.69, 9.17) is 0 Å². The molecule has 5 nitrogen and oxygen atoms in total. The lowest BCUT2D eigenvalue weighted by Gasteiger charge is -2.24. The Bertz CT molecular complexity index is 784. The van der Waals surface area contributed by atoms with Crippen molar-refractivity contribution in [1.82, 2.24) is 14.5 Å². The van der Waals surface area contributed by atoms with Crippen LogP contribution in [0.2, 0.25) is 0 Å². The zero-order valence-corrected chi connectivity index (χ0v) is 18.0. The van der Waals surface area contributed by atoms with Gasteiger partial charge in [-0.15, -0.1) is 11.3 Å². The van der Waals surface area contributed by atoms with Gasteiger partial charge in [0.05, 0.1) is 11.1 Å². The van der Waals surface area contributed by atoms with E-state index in [1.165, 1.54) is 23.1 Å². The van der Waals surface area contributed by atoms with Crippen molar-refractivity contribution in [3.8, 4) is 0 Å². The summed E-state index contributed by atoms with van der Waals surface area (Å²) in [5.74, 6) is 1.58. The summed E-state index contributed by atoms with van der Waals surface area (Å²) in [6.45, 7) is 10.3. The fourth-order valence-electron chi connectivity index (χ4n) is 2.52. The Labute approximate surface area is 163 Å². The van der Waals surface area contributed by atoms with Gasteiger partial charge < -0.3 is 4.90 Å². The molecular weight excluding hydrogens is 366 g/mol. The smallest absolute Gasteiger partial charge is 0.262 e. The molecule has 0 aliphatic rings. The second-order valence-corrected chi connectivity index (χ2v) is 9.27. The lowest BCUT2D eigenvalue weighted by molar-refractivity contribution is -0.128. The monoisotopic (exact) mass is 395 g/mol. The molecule has 0 unspecified atom stereocenters. The number of hydrogen-bond donors (Lipinski definition) is 0. The van der Waals surface area contributed by atoms with Crippen molar-refractivity contribution in [2.45, 2.75) is 45.7 Å². The van der Waals surface area contributed by atoms with Crippen LogP contribution in [0.1, 0.15) is 40.5 Å². The Kier molecular flexibility index (Phi) is 7.70. The largest absolute Gasteiger partial charge is 0.342 e. The number of fused-ring (bicyclic) bond motifs is 1. The summed E-state index contributed by atoms with van der Waals surface area (Å²) in [6.07, 6.45) is 2.01. The first kappa shape index (κ1) is 21.0. The lowest BCUT2D eigenvalue weighted by atomic mass is 10.1. The summed E-state index contributed by atoms with van der Waals surface area (Å²) in [5.41, 5.74) is -0.0531. The third-order valence-corrected chi connectivity index (χ3v) is 6.12. The molecule has 0 radical (unpaired) electrons. The first-order valence-electron chi connectivity index (χ1n) is 9.14. The van der Waals surface area contributed by atoms with Gasteiger partial charge in [0.25, 0.3) is 5.56 Å². The Hall–Kier alpha value is -1.34. The third-order valence-electron chi connectivity index (χ3n) is 4.29. The van der Waals surface area contributed by atoms with Gasteiger partial charge in [0.1, 0.15) is 4.83 Å². The summed E-state index contributed by atoms with van der Waals surface area (Å²) in [4.78, 5) is 32.4. The number of hydrogen-bond acceptors (Lipinski definition) is 5. The van der Waals surface area contributed by atoms with Gasteiger partial charge in [-0.1, -0.05) is 39.5 Å². The molecule has 0 saturated carbocycles. The summed E-state index contributed by atoms with van der Waals surface area (Å²) in [7, 11) is 1.72. The molecule has 0 fully saturated rings. The molecule has 7 heteroatoms. The van der Waals surface area contributed by atoms with Crippen molar-refractivity contribution in [2.75, 3.05) is 18.8 Å². The number of nitrogens with zero attached hydrogens (tertiary/aromatic N) is 3. The van der Waals surface area contributed by atoms with Crippen LogP contribution < -0.4 is 5.56 Å². The number of rotatable bonds is 9. The van der Waals surface area contributed by atoms with Crippen LogP contribution in [0.25, 0.3) is 10.2 Å². The molecule has 2 aromatic heterocycles. The molecule has 1 amide bonds. The number of aromatic nitrogens is 2. The number of carbonyl (C=O) groups excluding carboxylic acids is 1. The van der Waals surface area contributed by atoms with Gasteiger partial charge in [0.15, 0.2) is 5.16 Å². The Balaban J connectivity index is 2.06. The van der Waals surface area contributed by atoms with E-state index >= 15 is 0 Å². The molecule has 0 aliphatic carbocycles. The Morgan fingerprint density at radius 1 is 1.23 bits per heavy atom. The molecule has 0 spiro atoms. The van der Waals surface area contributed by atoms with Gasteiger partial charge in [-0.25, -0.2) is 4.98 Å². The number of carbonyl (C=O) groups is 1. The minimum atomic E-state index is -0.0531. The van der Waals surface area contributed by atoms with Crippen LogP contribution >= 0.6 is 23.1 Å². The average Bonchev–Trinajstić information content (AvgIpc) is 3.04. The fourth-order valence-corrected chi connectivity index (χ4v) is 4.20. The fraction of sp³-hybridized carbons (Fsp3) is 0.632. The molecule has 0 bridgehead atoms. The molecule has 0 saturated heterocycles. The molecule has 26 heavy (non-hydrogen) atoms. The quantitative estimate of drug-likeness (QED) is 0.475. The molecule has 0 N–H and O–H groups in total. The third kappa shape index (κ3) is 5.58. The maximum absolute atomic E-state index is 12.7. The van der Waals surface area contributed by atoms with Crippen LogP contribution in [0.4, 0.5) is 0 Å². The van der Waals surface area contributed by atoms with Crippen LogP contribution in [0, 0.1) is 11.8 Å². The molecule has 2 heterocycles. The minimum Gasteiger partial charge on any atom is -0.342 e. The van der Waals surface area contributed by atoms with Crippen molar-refractivity contribution < 1.29 is 4.79 Å². The first-order valence-corrected chi connectivity index (χ1v) is 11.0. The second kappa shape index (κ2) is 9.55. The van der Waals surface area contributed by atoms with Crippen LogP contribution in [0.15, 0.2) is 21.4 Å². The number of thiophene rings is 1. The van der Waals surface area contributed by atoms with E-state index in [1.807, 2.05) is 10.3 Å². The van der Waals surface area contributed by atoms with E-state index in [0.29, 0.717) is 28.1 Å². The maximum Gasteiger partial charge on any atom is 0.262 e. The summed E-state index contributed by atoms with van der Waals surface area (Å²) in [6, 6.07) is 1.80. The molecule has 2 rings (SSSR count). The van der Waals surface area contributed by atoms with Crippen LogP contribution in [0.3, 0.4) is 0 Å². The van der Waals surface area contributed by atoms with E-state index in [1.54, 1.807) is 17.7 Å². The summed E-state index contributed by atoms with van der Waals surface area (Å²) < 4.78 is 1.54. The van der Waals surface area contributed by atoms with Crippen molar-refractivity contribution in [3.63, 3.8) is 0 Å². The SMILES string of the molecule is CC(C)CCN(CCC(C)C)C(=O)CSc1nc2sccc2c(=O)n1C. The maximum atomic E-state index is 12.7. The molecular formula is C19H29N3O2S2. The highest BCUT2D eigenvalue weighted by Gasteiger charge is 2.17. The molecule has 0 aromatic carbocycles. The standard InChI is InChI=1S/C19H29N3O2S2/c1-13(2)6-9-22(10-7-14(3)4)16(23)12-26-19-20-17-15(8-11-25-17)18(24)21(19)5/h8,11,13-14H,6-7,9-10,12H2,1-5H3. The van der Waals surface area contributed by atoms with E-state index in [0.717, 1.165) is 30.8 Å². The van der Waals surface area contributed by atoms with Gasteiger partial charge >= 0.3 is 0 Å². The van der Waals surface area contributed by atoms with E-state index in [9.17, 15) is 9.59 Å². The van der Waals surface area contributed by atoms with Crippen LogP contribution in [-0.2, 0) is 11.8 Å². The average molecular weight is 396 g/mol. The van der Waals surface area contributed by atoms with E-state index < -0.39 is 0 Å². The van der Waals surface area contributed by atoms with Gasteiger partial charge in [-0.3, -0.25) is 14.2 Å². The first-order chi connectivity index (χ1) is 12.3. The highest BCUT2D eigenvalue weighted by molar-refractivity contribution is 7.99. The van der Waals surface area contributed by atoms with Gasteiger partial charge in [-0.2, -0.15) is 0 Å². The Morgan fingerprint density at radius 2 is 1.85 bits per heavy atom. The van der Waals surface area contributed by atoms with Crippen LogP contribution in [0.5, 0.6) is 0 Å². The molecule has 0 atom stereocenters. The summed E-state index contributed by atoms with van der Waals surface area (Å²) >= 11 is 2.81. The van der Waals surface area contributed by atoms with Crippen molar-refractivity contribution in [1.29, 1.82) is 0 Å². The highest BCUT2D eigenvalue weighted by atomic mass is 32.2. The predicted molar refractivity (Wildman–Crippen MR) is 111 cm³/mol. The minimum absolute atomic E-state index is 0.0531. The predicted octanol–water partition coefficient (Wildman–Crippen LogP) is 4.01. The van der Waals surface area contributed by atoms with Gasteiger partial charge in [-0.05, 0) is 36.1 Å². The lowest BCUT2D eigenvalue weighted by Crippen LogP contribution is -2.35. The highest BCUT2D eigenvalue weighted by Crippen LogP contribution is 2.21. The van der Waals surface area contributed by atoms with Crippen molar-refractivity contribution in [3.05, 3.63) is 21.8 Å². The van der Waals surface area contributed by atoms with Crippen LogP contribution in [-0.4, -0.2) is 39.2 Å². The van der Waals surface area contributed by atoms with Crippen molar-refractivity contribution >= 4 is 39.2 Å². The topological polar surface area (TPSA) is 55.2 Å². The zero-order valence-electron chi connectivity index (χ0n) is 16.3. The van der Waals surface area contributed by atoms with E-state index in [-0.39, 0.29) is 11.5 Å². The second-order valence-electron chi connectivity index (χ2n) is 7.43. The van der Waals surface area contributed by atoms with E-state index in [2.05, 4.69) is 32.7 Å². The normalized spacial score (nSPS) is 11.7. The van der Waals surface area contributed by atoms with Gasteiger partial charge in [0, 0.05) is 20.1 Å². The number of amides is 1. The molecule has 144 valence electrons. The Morgan fingerprint density at radius 3 is 2.42 bits per heavy atom. The zero-order chi connectivity index (χ0) is 19.3. The molecule has 2 aromatic rings. The number of thioether (sulfide) groups is 1. The summed E-state index contributed by atoms with van der Waals surface area (Å²) in [5, 5.41) is 3.12. The van der Waals surface area contributed by atoms with Gasteiger partial charge in [0.2, 0.25) is 5.91 Å². The molecule has 0 aliphatic heterocycles. The van der Waals surface area contributed by atoms with Crippen molar-refractivity contribution in [2.24, 2.45) is 18.9 Å².